The first kappa shape index (κ1) is 30.1. The van der Waals surface area contributed by atoms with Crippen LogP contribution in [-0.2, 0) is 22.6 Å². The molecule has 0 aromatic heterocycles. The molecule has 6 rings (SSSR count). The summed E-state index contributed by atoms with van der Waals surface area (Å²) >= 11 is 0. The van der Waals surface area contributed by atoms with E-state index < -0.39 is 58.4 Å². The van der Waals surface area contributed by atoms with Crippen molar-refractivity contribution < 1.29 is 29.7 Å². The van der Waals surface area contributed by atoms with Crippen molar-refractivity contribution in [2.75, 3.05) is 27.2 Å². The van der Waals surface area contributed by atoms with Crippen molar-refractivity contribution in [2.24, 2.45) is 28.9 Å². The molecular weight excluding hydrogens is 558 g/mol. The summed E-state index contributed by atoms with van der Waals surface area (Å²) in [6.45, 7) is 7.56. The summed E-state index contributed by atoms with van der Waals surface area (Å²) in [6, 6.07) is 10.9. The zero-order valence-corrected chi connectivity index (χ0v) is 25.8. The van der Waals surface area contributed by atoms with Crippen LogP contribution in [0.15, 0.2) is 59.1 Å². The van der Waals surface area contributed by atoms with Crippen LogP contribution in [0.3, 0.4) is 0 Å². The van der Waals surface area contributed by atoms with E-state index in [0.717, 1.165) is 43.6 Å². The molecule has 1 aliphatic heterocycles. The molecule has 9 heteroatoms. The van der Waals surface area contributed by atoms with Gasteiger partial charge in [0.25, 0.3) is 5.91 Å². The fourth-order valence-electron chi connectivity index (χ4n) is 7.95. The number of aromatic hydroxyl groups is 1. The molecule has 2 aromatic rings. The second-order valence-electron chi connectivity index (χ2n) is 13.9. The maximum atomic E-state index is 14.1. The lowest BCUT2D eigenvalue weighted by Crippen LogP contribution is -2.53. The molecule has 2 aromatic carbocycles. The number of aliphatic hydroxyl groups is 2. The minimum absolute atomic E-state index is 0.0871. The normalized spacial score (nSPS) is 26.8. The minimum Gasteiger partial charge on any atom is -0.511 e. The van der Waals surface area contributed by atoms with Gasteiger partial charge in [0.15, 0.2) is 11.6 Å². The maximum Gasteiger partial charge on any atom is 0.255 e. The molecule has 4 atom stereocenters. The first-order valence-corrected chi connectivity index (χ1v) is 15.4. The van der Waals surface area contributed by atoms with E-state index in [4.69, 9.17) is 5.73 Å². The Morgan fingerprint density at radius 1 is 1.05 bits per heavy atom. The Kier molecular flexibility index (Phi) is 7.45. The third kappa shape index (κ3) is 4.92. The van der Waals surface area contributed by atoms with Gasteiger partial charge in [-0.1, -0.05) is 38.1 Å². The zero-order chi connectivity index (χ0) is 31.7. The van der Waals surface area contributed by atoms with Crippen molar-refractivity contribution in [1.82, 2.24) is 9.80 Å². The SMILES string of the molecule is CN(C)[C@@H]1C(O)=C(C(N)=O)C(=O)C2C(O)=C3C(=O)c4c(O)ccc(-c5cccc(CN6CCC(C)(C)CC6)c5)c4CC3CC21. The molecule has 5 N–H and O–H groups in total. The number of allylic oxidation sites excluding steroid dienone is 2. The number of primary amides is 1. The van der Waals surface area contributed by atoms with E-state index >= 15 is 0 Å². The predicted octanol–water partition coefficient (Wildman–Crippen LogP) is 4.29. The van der Waals surface area contributed by atoms with E-state index in [1.165, 1.54) is 11.6 Å². The molecule has 3 aliphatic carbocycles. The van der Waals surface area contributed by atoms with Crippen LogP contribution >= 0.6 is 0 Å². The molecule has 232 valence electrons. The highest BCUT2D eigenvalue weighted by molar-refractivity contribution is 6.22. The number of hydrogen-bond donors (Lipinski definition) is 4. The third-order valence-corrected chi connectivity index (χ3v) is 10.3. The molecule has 44 heavy (non-hydrogen) atoms. The van der Waals surface area contributed by atoms with Gasteiger partial charge in [0, 0.05) is 12.1 Å². The quantitative estimate of drug-likeness (QED) is 0.373. The third-order valence-electron chi connectivity index (χ3n) is 10.3. The van der Waals surface area contributed by atoms with Crippen molar-refractivity contribution in [3.8, 4) is 16.9 Å². The van der Waals surface area contributed by atoms with Gasteiger partial charge in [-0.3, -0.25) is 24.2 Å². The van der Waals surface area contributed by atoms with Gasteiger partial charge in [-0.2, -0.15) is 0 Å². The Hall–Kier alpha value is -3.95. The van der Waals surface area contributed by atoms with Crippen LogP contribution in [0.1, 0.15) is 54.6 Å². The Bertz CT molecular complexity index is 1630. The summed E-state index contributed by atoms with van der Waals surface area (Å²) in [7, 11) is 3.44. The molecular formula is C35H41N3O6. The number of rotatable bonds is 5. The largest absolute Gasteiger partial charge is 0.511 e. The first-order chi connectivity index (χ1) is 20.8. The van der Waals surface area contributed by atoms with Gasteiger partial charge in [-0.15, -0.1) is 0 Å². The van der Waals surface area contributed by atoms with Gasteiger partial charge in [-0.25, -0.2) is 0 Å². The number of likely N-dealkylation sites (tertiary alicyclic amines) is 1. The van der Waals surface area contributed by atoms with E-state index in [9.17, 15) is 29.7 Å². The standard InChI is InChI=1S/C35H41N3O6/c1-35(2)10-12-38(13-11-35)17-18-6-5-7-19(14-18)21-8-9-24(39)26-22(21)15-20-16-23-27(31(41)25(20)30(26)40)32(42)28(34(36)44)33(43)29(23)37(3)4/h5-9,14,20,23,27,29,39,41,43H,10-13,15-17H2,1-4H3,(H2,36,44)/t20?,23?,27?,29-/m0/s1. The number of nitrogens with two attached hydrogens (primary N) is 1. The van der Waals surface area contributed by atoms with Crippen molar-refractivity contribution in [2.45, 2.75) is 52.1 Å². The Labute approximate surface area is 257 Å². The number of carbonyl (C=O) groups excluding carboxylic acids is 3. The molecule has 1 heterocycles. The van der Waals surface area contributed by atoms with Crippen molar-refractivity contribution >= 4 is 17.5 Å². The van der Waals surface area contributed by atoms with Crippen LogP contribution in [0.4, 0.5) is 0 Å². The number of hydrogen-bond acceptors (Lipinski definition) is 8. The number of carbonyl (C=O) groups is 3. The summed E-state index contributed by atoms with van der Waals surface area (Å²) in [4.78, 5) is 43.8. The number of aliphatic hydroxyl groups excluding tert-OH is 2. The Balaban J connectivity index is 1.38. The van der Waals surface area contributed by atoms with E-state index in [0.29, 0.717) is 23.8 Å². The number of amides is 1. The second-order valence-corrected chi connectivity index (χ2v) is 13.9. The Morgan fingerprint density at radius 2 is 1.75 bits per heavy atom. The van der Waals surface area contributed by atoms with Crippen LogP contribution in [-0.4, -0.2) is 75.8 Å². The molecule has 4 aliphatic rings. The number of Topliss-reactive ketones (excluding diaryl/α,β-unsaturated/α-hetero) is 2. The Morgan fingerprint density at radius 3 is 2.41 bits per heavy atom. The van der Waals surface area contributed by atoms with Crippen LogP contribution in [0.2, 0.25) is 0 Å². The van der Waals surface area contributed by atoms with Gasteiger partial charge in [0.1, 0.15) is 22.8 Å². The number of likely N-dealkylation sites (N-methyl/N-ethyl adjacent to an activating group) is 1. The van der Waals surface area contributed by atoms with Crippen LogP contribution in [0, 0.1) is 23.2 Å². The number of piperidine rings is 1. The van der Waals surface area contributed by atoms with Gasteiger partial charge in [-0.05, 0) is 105 Å². The first-order valence-electron chi connectivity index (χ1n) is 15.4. The van der Waals surface area contributed by atoms with Crippen LogP contribution in [0.25, 0.3) is 11.1 Å². The summed E-state index contributed by atoms with van der Waals surface area (Å²) in [6.07, 6.45) is 2.99. The average Bonchev–Trinajstić information content (AvgIpc) is 2.93. The summed E-state index contributed by atoms with van der Waals surface area (Å²) in [5.41, 5.74) is 9.17. The smallest absolute Gasteiger partial charge is 0.255 e. The number of nitrogens with zero attached hydrogens (tertiary/aromatic N) is 2. The van der Waals surface area contributed by atoms with Crippen molar-refractivity contribution in [1.29, 1.82) is 0 Å². The van der Waals surface area contributed by atoms with Gasteiger partial charge in [0.05, 0.1) is 17.5 Å². The number of ketones is 2. The maximum absolute atomic E-state index is 14.1. The molecule has 0 radical (unpaired) electrons. The van der Waals surface area contributed by atoms with Gasteiger partial charge in [0.2, 0.25) is 0 Å². The molecule has 0 saturated carbocycles. The fourth-order valence-corrected chi connectivity index (χ4v) is 7.95. The highest BCUT2D eigenvalue weighted by atomic mass is 16.3. The van der Waals surface area contributed by atoms with Gasteiger partial charge < -0.3 is 21.1 Å². The van der Waals surface area contributed by atoms with Gasteiger partial charge >= 0.3 is 0 Å². The average molecular weight is 600 g/mol. The topological polar surface area (TPSA) is 144 Å². The molecule has 1 fully saturated rings. The minimum atomic E-state index is -1.19. The zero-order valence-electron chi connectivity index (χ0n) is 25.8. The number of fused-ring (bicyclic) bond motifs is 3. The van der Waals surface area contributed by atoms with E-state index in [1.54, 1.807) is 19.0 Å². The molecule has 3 unspecified atom stereocenters. The lowest BCUT2D eigenvalue weighted by atomic mass is 9.60. The highest BCUT2D eigenvalue weighted by Crippen LogP contribution is 2.51. The summed E-state index contributed by atoms with van der Waals surface area (Å²) < 4.78 is 0. The van der Waals surface area contributed by atoms with Crippen LogP contribution in [0.5, 0.6) is 5.75 Å². The highest BCUT2D eigenvalue weighted by Gasteiger charge is 2.54. The number of benzene rings is 2. The molecule has 9 nitrogen and oxygen atoms in total. The lowest BCUT2D eigenvalue weighted by Gasteiger charge is -2.46. The second kappa shape index (κ2) is 10.9. The van der Waals surface area contributed by atoms with E-state index in [2.05, 4.69) is 30.9 Å². The summed E-state index contributed by atoms with van der Waals surface area (Å²) in [5.74, 6) is -5.59. The lowest BCUT2D eigenvalue weighted by molar-refractivity contribution is -0.127. The number of phenolic OH excluding ortho intramolecular Hbond substituents is 1. The van der Waals surface area contributed by atoms with Crippen molar-refractivity contribution in [3.05, 3.63) is 75.8 Å². The van der Waals surface area contributed by atoms with E-state index in [1.807, 2.05) is 18.2 Å². The monoisotopic (exact) mass is 599 g/mol. The fraction of sp³-hybridized carbons (Fsp3) is 0.457. The molecule has 0 bridgehead atoms. The molecule has 0 spiro atoms. The number of phenols is 1. The van der Waals surface area contributed by atoms with Crippen molar-refractivity contribution in [3.63, 3.8) is 0 Å². The van der Waals surface area contributed by atoms with E-state index in [-0.39, 0.29) is 16.9 Å². The predicted molar refractivity (Wildman–Crippen MR) is 166 cm³/mol. The molecule has 1 saturated heterocycles. The summed E-state index contributed by atoms with van der Waals surface area (Å²) in [5, 5.41) is 33.4. The van der Waals surface area contributed by atoms with Crippen LogP contribution < -0.4 is 5.73 Å². The molecule has 1 amide bonds.